The maximum Gasteiger partial charge on any atom is 0.213 e. The van der Waals surface area contributed by atoms with Gasteiger partial charge in [0.05, 0.1) is 17.3 Å². The molecule has 0 saturated carbocycles. The first-order valence-electron chi connectivity index (χ1n) is 4.71. The van der Waals surface area contributed by atoms with Crippen molar-refractivity contribution in [3.63, 3.8) is 0 Å². The van der Waals surface area contributed by atoms with Gasteiger partial charge in [0.15, 0.2) is 5.82 Å². The van der Waals surface area contributed by atoms with Crippen LogP contribution in [0.1, 0.15) is 11.4 Å². The molecule has 0 aliphatic heterocycles. The Hall–Kier alpha value is -1.75. The average Bonchev–Trinajstić information content (AvgIpc) is 2.74. The molecular weight excluding hydrogens is 228 g/mol. The van der Waals surface area contributed by atoms with Crippen molar-refractivity contribution in [1.29, 1.82) is 0 Å². The molecule has 0 spiro atoms. The van der Waals surface area contributed by atoms with Gasteiger partial charge in [-0.3, -0.25) is 0 Å². The van der Waals surface area contributed by atoms with Crippen molar-refractivity contribution in [2.75, 3.05) is 11.1 Å². The molecule has 0 bridgehead atoms. The molecule has 0 aliphatic rings. The monoisotopic (exact) mass is 238 g/mol. The van der Waals surface area contributed by atoms with E-state index in [4.69, 9.17) is 17.3 Å². The number of nitrogens with two attached hydrogens (primary N) is 1. The lowest BCUT2D eigenvalue weighted by molar-refractivity contribution is 0.411. The maximum absolute atomic E-state index is 5.93. The summed E-state index contributed by atoms with van der Waals surface area (Å²) in [4.78, 5) is 3.90. The molecule has 2 aromatic rings. The quantitative estimate of drug-likeness (QED) is 0.802. The Labute approximate surface area is 97.6 Å². The first-order valence-corrected chi connectivity index (χ1v) is 5.09. The van der Waals surface area contributed by atoms with Gasteiger partial charge in [0, 0.05) is 5.69 Å². The molecule has 0 amide bonds. The fourth-order valence-electron chi connectivity index (χ4n) is 1.34. The first kappa shape index (κ1) is 10.8. The number of aromatic nitrogens is 2. The minimum Gasteiger partial charge on any atom is -0.398 e. The molecule has 0 fully saturated rings. The minimum absolute atomic E-state index is 0.484. The summed E-state index contributed by atoms with van der Waals surface area (Å²) in [6.07, 6.45) is 1.29. The van der Waals surface area contributed by atoms with Gasteiger partial charge < -0.3 is 15.6 Å². The molecule has 3 N–H and O–H groups in total. The molecule has 1 heterocycles. The van der Waals surface area contributed by atoms with E-state index in [0.717, 1.165) is 11.3 Å². The summed E-state index contributed by atoms with van der Waals surface area (Å²) in [7, 11) is 0. The number of benzene rings is 1. The van der Waals surface area contributed by atoms with E-state index in [1.54, 1.807) is 6.07 Å². The number of nitrogens with one attached hydrogen (secondary N) is 1. The first-order chi connectivity index (χ1) is 7.66. The van der Waals surface area contributed by atoms with Crippen LogP contribution in [0.2, 0.25) is 5.02 Å². The summed E-state index contributed by atoms with van der Waals surface area (Å²) in [5.41, 5.74) is 8.18. The number of halogens is 1. The van der Waals surface area contributed by atoms with Crippen LogP contribution < -0.4 is 11.1 Å². The second-order valence-corrected chi connectivity index (χ2v) is 3.80. The van der Waals surface area contributed by atoms with Gasteiger partial charge >= 0.3 is 0 Å². The Bertz CT molecular complexity index is 484. The maximum atomic E-state index is 5.93. The van der Waals surface area contributed by atoms with E-state index in [-0.39, 0.29) is 0 Å². The van der Waals surface area contributed by atoms with Gasteiger partial charge in [-0.25, -0.2) is 0 Å². The van der Waals surface area contributed by atoms with Crippen LogP contribution in [0.15, 0.2) is 23.0 Å². The van der Waals surface area contributed by atoms with E-state index >= 15 is 0 Å². The summed E-state index contributed by atoms with van der Waals surface area (Å²) in [6, 6.07) is 3.60. The molecular formula is C10H11ClN4O. The van der Waals surface area contributed by atoms with Crippen molar-refractivity contribution in [1.82, 2.24) is 10.1 Å². The number of hydrogen-bond acceptors (Lipinski definition) is 5. The SMILES string of the molecule is Cc1cc(N)c(Cl)cc1NCc1ncon1. The summed E-state index contributed by atoms with van der Waals surface area (Å²) in [5, 5.41) is 7.38. The predicted molar refractivity (Wildman–Crippen MR) is 62.2 cm³/mol. The smallest absolute Gasteiger partial charge is 0.213 e. The molecule has 0 unspecified atom stereocenters. The Morgan fingerprint density at radius 3 is 3.00 bits per heavy atom. The molecule has 16 heavy (non-hydrogen) atoms. The highest BCUT2D eigenvalue weighted by Crippen LogP contribution is 2.26. The number of anilines is 2. The summed E-state index contributed by atoms with van der Waals surface area (Å²) < 4.78 is 4.63. The van der Waals surface area contributed by atoms with Crippen molar-refractivity contribution in [3.8, 4) is 0 Å². The van der Waals surface area contributed by atoms with E-state index in [0.29, 0.717) is 23.1 Å². The summed E-state index contributed by atoms with van der Waals surface area (Å²) >= 11 is 5.93. The lowest BCUT2D eigenvalue weighted by Crippen LogP contribution is -2.03. The third-order valence-corrected chi connectivity index (χ3v) is 2.51. The zero-order valence-electron chi connectivity index (χ0n) is 8.70. The molecule has 5 nitrogen and oxygen atoms in total. The lowest BCUT2D eigenvalue weighted by atomic mass is 10.2. The fourth-order valence-corrected chi connectivity index (χ4v) is 1.50. The summed E-state index contributed by atoms with van der Waals surface area (Å²) in [5.74, 6) is 0.590. The van der Waals surface area contributed by atoms with Crippen LogP contribution in [0.25, 0.3) is 0 Å². The van der Waals surface area contributed by atoms with E-state index in [9.17, 15) is 0 Å². The molecule has 0 atom stereocenters. The third-order valence-electron chi connectivity index (χ3n) is 2.19. The highest BCUT2D eigenvalue weighted by atomic mass is 35.5. The van der Waals surface area contributed by atoms with Gasteiger partial charge in [-0.1, -0.05) is 16.8 Å². The molecule has 6 heteroatoms. The lowest BCUT2D eigenvalue weighted by Gasteiger charge is -2.09. The van der Waals surface area contributed by atoms with Gasteiger partial charge in [0.1, 0.15) is 0 Å². The van der Waals surface area contributed by atoms with Crippen LogP contribution in [0.4, 0.5) is 11.4 Å². The normalized spacial score (nSPS) is 10.4. The van der Waals surface area contributed by atoms with Crippen molar-refractivity contribution in [3.05, 3.63) is 34.9 Å². The van der Waals surface area contributed by atoms with Crippen LogP contribution in [-0.2, 0) is 6.54 Å². The Kier molecular flexibility index (Phi) is 2.96. The van der Waals surface area contributed by atoms with Gasteiger partial charge in [-0.15, -0.1) is 0 Å². The average molecular weight is 239 g/mol. The van der Waals surface area contributed by atoms with E-state index in [2.05, 4.69) is 20.0 Å². The number of nitrogens with zero attached hydrogens (tertiary/aromatic N) is 2. The number of nitrogen functional groups attached to an aromatic ring is 1. The Morgan fingerprint density at radius 2 is 2.31 bits per heavy atom. The van der Waals surface area contributed by atoms with Gasteiger partial charge in [-0.2, -0.15) is 4.98 Å². The molecule has 84 valence electrons. The highest BCUT2D eigenvalue weighted by Gasteiger charge is 2.04. The highest BCUT2D eigenvalue weighted by molar-refractivity contribution is 6.33. The van der Waals surface area contributed by atoms with Crippen molar-refractivity contribution in [2.45, 2.75) is 13.5 Å². The topological polar surface area (TPSA) is 77.0 Å². The van der Waals surface area contributed by atoms with Crippen LogP contribution in [-0.4, -0.2) is 10.1 Å². The van der Waals surface area contributed by atoms with Gasteiger partial charge in [0.25, 0.3) is 0 Å². The molecule has 2 rings (SSSR count). The van der Waals surface area contributed by atoms with E-state index in [1.807, 2.05) is 13.0 Å². The van der Waals surface area contributed by atoms with E-state index < -0.39 is 0 Å². The Balaban J connectivity index is 2.12. The van der Waals surface area contributed by atoms with Gasteiger partial charge in [-0.05, 0) is 24.6 Å². The van der Waals surface area contributed by atoms with Crippen molar-refractivity contribution >= 4 is 23.0 Å². The largest absolute Gasteiger partial charge is 0.398 e. The minimum atomic E-state index is 0.484. The van der Waals surface area contributed by atoms with Crippen LogP contribution in [0.5, 0.6) is 0 Å². The van der Waals surface area contributed by atoms with Crippen LogP contribution in [0, 0.1) is 6.92 Å². The second-order valence-electron chi connectivity index (χ2n) is 3.39. The van der Waals surface area contributed by atoms with E-state index in [1.165, 1.54) is 6.39 Å². The van der Waals surface area contributed by atoms with Crippen LogP contribution >= 0.6 is 11.6 Å². The fraction of sp³-hybridized carbons (Fsp3) is 0.200. The molecule has 1 aromatic carbocycles. The standard InChI is InChI=1S/C10H11ClN4O/c1-6-2-8(12)7(11)3-9(6)13-4-10-14-5-16-15-10/h2-3,5,13H,4,12H2,1H3. The van der Waals surface area contributed by atoms with Gasteiger partial charge in [0.2, 0.25) is 6.39 Å². The van der Waals surface area contributed by atoms with Crippen molar-refractivity contribution in [2.24, 2.45) is 0 Å². The summed E-state index contributed by atoms with van der Waals surface area (Å²) in [6.45, 7) is 2.43. The number of aryl methyl sites for hydroxylation is 1. The third kappa shape index (κ3) is 2.25. The predicted octanol–water partition coefficient (Wildman–Crippen LogP) is 2.23. The zero-order valence-corrected chi connectivity index (χ0v) is 9.45. The number of hydrogen-bond donors (Lipinski definition) is 2. The Morgan fingerprint density at radius 1 is 1.50 bits per heavy atom. The second kappa shape index (κ2) is 4.40. The molecule has 1 aromatic heterocycles. The van der Waals surface area contributed by atoms with Crippen LogP contribution in [0.3, 0.4) is 0 Å². The zero-order chi connectivity index (χ0) is 11.5. The molecule has 0 saturated heterocycles. The molecule has 0 radical (unpaired) electrons. The van der Waals surface area contributed by atoms with Crippen molar-refractivity contribution < 1.29 is 4.52 Å². The number of rotatable bonds is 3. The molecule has 0 aliphatic carbocycles.